The van der Waals surface area contributed by atoms with Crippen molar-refractivity contribution in [2.45, 2.75) is 5.66 Å². The zero-order chi connectivity index (χ0) is 20.7. The summed E-state index contributed by atoms with van der Waals surface area (Å²) in [6.45, 7) is 0.912. The lowest BCUT2D eigenvalue weighted by molar-refractivity contribution is 0.0560. The monoisotopic (exact) mass is 399 g/mol. The average molecular weight is 399 g/mol. The molecule has 2 heterocycles. The predicted octanol–water partition coefficient (Wildman–Crippen LogP) is 3.90. The molecule has 0 unspecified atom stereocenters. The van der Waals surface area contributed by atoms with Crippen molar-refractivity contribution in [3.05, 3.63) is 95.6 Å². The Hall–Kier alpha value is -3.80. The molecule has 3 aromatic rings. The number of amides is 3. The fraction of sp³-hybridized carbons (Fsp3) is 0.167. The highest BCUT2D eigenvalue weighted by atomic mass is 16.5. The fourth-order valence-corrected chi connectivity index (χ4v) is 4.58. The Labute approximate surface area is 174 Å². The number of carbonyl (C=O) groups is 2. The molecule has 3 aromatic carbocycles. The molecule has 1 saturated heterocycles. The number of anilines is 1. The lowest BCUT2D eigenvalue weighted by Gasteiger charge is -2.40. The first-order valence-electron chi connectivity index (χ1n) is 9.86. The van der Waals surface area contributed by atoms with E-state index in [1.165, 1.54) is 0 Å². The van der Waals surface area contributed by atoms with Gasteiger partial charge >= 0.3 is 6.03 Å². The van der Waals surface area contributed by atoms with Crippen LogP contribution >= 0.6 is 0 Å². The molecule has 0 spiro atoms. The van der Waals surface area contributed by atoms with Crippen molar-refractivity contribution >= 4 is 17.6 Å². The molecule has 1 atom stereocenters. The third-order valence-electron chi connectivity index (χ3n) is 5.87. The largest absolute Gasteiger partial charge is 0.497 e. The van der Waals surface area contributed by atoms with Gasteiger partial charge in [-0.3, -0.25) is 9.69 Å². The minimum atomic E-state index is -0.953. The van der Waals surface area contributed by atoms with E-state index in [9.17, 15) is 9.59 Å². The van der Waals surface area contributed by atoms with Crippen LogP contribution < -0.4 is 10.1 Å². The van der Waals surface area contributed by atoms with Crippen LogP contribution in [0.3, 0.4) is 0 Å². The van der Waals surface area contributed by atoms with Crippen LogP contribution in [0, 0.1) is 0 Å². The summed E-state index contributed by atoms with van der Waals surface area (Å²) in [7, 11) is 1.60. The van der Waals surface area contributed by atoms with Gasteiger partial charge in [0.25, 0.3) is 5.91 Å². The highest BCUT2D eigenvalue weighted by Crippen LogP contribution is 2.49. The van der Waals surface area contributed by atoms with Crippen molar-refractivity contribution in [2.24, 2.45) is 0 Å². The van der Waals surface area contributed by atoms with Crippen LogP contribution in [0.1, 0.15) is 21.5 Å². The summed E-state index contributed by atoms with van der Waals surface area (Å²) in [6, 6.07) is 24.2. The van der Waals surface area contributed by atoms with Gasteiger partial charge < -0.3 is 15.0 Å². The van der Waals surface area contributed by atoms with Gasteiger partial charge in [0, 0.05) is 35.5 Å². The van der Waals surface area contributed by atoms with Gasteiger partial charge in [0.1, 0.15) is 5.75 Å². The van der Waals surface area contributed by atoms with Crippen molar-refractivity contribution in [3.63, 3.8) is 0 Å². The van der Waals surface area contributed by atoms with E-state index in [1.807, 2.05) is 54.6 Å². The number of urea groups is 1. The van der Waals surface area contributed by atoms with E-state index in [0.29, 0.717) is 24.3 Å². The number of fused-ring (bicyclic) bond motifs is 3. The van der Waals surface area contributed by atoms with Gasteiger partial charge in [0.2, 0.25) is 0 Å². The van der Waals surface area contributed by atoms with E-state index in [4.69, 9.17) is 4.74 Å². The second-order valence-electron chi connectivity index (χ2n) is 7.35. The molecule has 5 rings (SSSR count). The molecule has 6 heteroatoms. The summed E-state index contributed by atoms with van der Waals surface area (Å²) in [5.41, 5.74) is 2.09. The van der Waals surface area contributed by atoms with Crippen molar-refractivity contribution in [1.82, 2.24) is 9.80 Å². The van der Waals surface area contributed by atoms with Gasteiger partial charge in [-0.15, -0.1) is 0 Å². The summed E-state index contributed by atoms with van der Waals surface area (Å²) in [4.78, 5) is 30.2. The van der Waals surface area contributed by atoms with Gasteiger partial charge in [0.15, 0.2) is 5.66 Å². The highest BCUT2D eigenvalue weighted by Gasteiger charge is 2.59. The van der Waals surface area contributed by atoms with Crippen molar-refractivity contribution < 1.29 is 14.3 Å². The van der Waals surface area contributed by atoms with E-state index >= 15 is 0 Å². The molecule has 2 aliphatic heterocycles. The molecular formula is C24H21N3O3. The molecule has 3 amide bonds. The topological polar surface area (TPSA) is 61.9 Å². The predicted molar refractivity (Wildman–Crippen MR) is 113 cm³/mol. The number of nitrogens with one attached hydrogen (secondary N) is 1. The summed E-state index contributed by atoms with van der Waals surface area (Å²) < 4.78 is 5.19. The standard InChI is InChI=1S/C24H21N3O3/c1-30-19-13-11-18(12-14-19)25-23(29)27-16-15-26-22(28)20-9-5-6-10-21(20)24(26,27)17-7-3-2-4-8-17/h2-14H,15-16H2,1H3,(H,25,29)/t24-/m0/s1. The van der Waals surface area contributed by atoms with Crippen LogP contribution in [0.2, 0.25) is 0 Å². The zero-order valence-electron chi connectivity index (χ0n) is 16.5. The van der Waals surface area contributed by atoms with Crippen molar-refractivity contribution in [1.29, 1.82) is 0 Å². The van der Waals surface area contributed by atoms with Crippen LogP contribution in [0.15, 0.2) is 78.9 Å². The first-order valence-corrected chi connectivity index (χ1v) is 9.86. The number of rotatable bonds is 3. The minimum Gasteiger partial charge on any atom is -0.497 e. The normalized spacial score (nSPS) is 19.4. The van der Waals surface area contributed by atoms with Crippen LogP contribution in [-0.2, 0) is 5.66 Å². The molecule has 0 bridgehead atoms. The summed E-state index contributed by atoms with van der Waals surface area (Å²) in [6.07, 6.45) is 0. The van der Waals surface area contributed by atoms with Gasteiger partial charge in [0.05, 0.1) is 7.11 Å². The number of benzene rings is 3. The summed E-state index contributed by atoms with van der Waals surface area (Å²) in [5.74, 6) is 0.672. The smallest absolute Gasteiger partial charge is 0.324 e. The Morgan fingerprint density at radius 2 is 1.63 bits per heavy atom. The van der Waals surface area contributed by atoms with Crippen molar-refractivity contribution in [3.8, 4) is 5.75 Å². The Balaban J connectivity index is 1.60. The van der Waals surface area contributed by atoms with Crippen molar-refractivity contribution in [2.75, 3.05) is 25.5 Å². The van der Waals surface area contributed by atoms with E-state index in [-0.39, 0.29) is 11.9 Å². The van der Waals surface area contributed by atoms with E-state index in [2.05, 4.69) is 5.32 Å². The first kappa shape index (κ1) is 18.2. The molecular weight excluding hydrogens is 378 g/mol. The number of hydrogen-bond donors (Lipinski definition) is 1. The maximum atomic E-state index is 13.5. The van der Waals surface area contributed by atoms with Crippen LogP contribution in [0.25, 0.3) is 0 Å². The first-order chi connectivity index (χ1) is 14.7. The quantitative estimate of drug-likeness (QED) is 0.727. The molecule has 0 radical (unpaired) electrons. The Bertz CT molecular complexity index is 1110. The lowest BCUT2D eigenvalue weighted by atomic mass is 9.90. The van der Waals surface area contributed by atoms with Crippen LogP contribution in [-0.4, -0.2) is 41.9 Å². The molecule has 150 valence electrons. The van der Waals surface area contributed by atoms with Gasteiger partial charge in [-0.1, -0.05) is 48.5 Å². The van der Waals surface area contributed by atoms with Gasteiger partial charge in [-0.05, 0) is 30.3 Å². The van der Waals surface area contributed by atoms with E-state index in [1.54, 1.807) is 41.2 Å². The Morgan fingerprint density at radius 1 is 0.933 bits per heavy atom. The Kier molecular flexibility index (Phi) is 4.20. The molecule has 6 nitrogen and oxygen atoms in total. The maximum absolute atomic E-state index is 13.5. The third-order valence-corrected chi connectivity index (χ3v) is 5.87. The highest BCUT2D eigenvalue weighted by molar-refractivity contribution is 6.03. The number of nitrogens with zero attached hydrogens (tertiary/aromatic N) is 2. The van der Waals surface area contributed by atoms with E-state index < -0.39 is 5.66 Å². The lowest BCUT2D eigenvalue weighted by Crippen LogP contribution is -2.52. The molecule has 0 aromatic heterocycles. The molecule has 0 saturated carbocycles. The molecule has 1 fully saturated rings. The summed E-state index contributed by atoms with van der Waals surface area (Å²) in [5, 5.41) is 2.98. The maximum Gasteiger partial charge on any atom is 0.324 e. The SMILES string of the molecule is COc1ccc(NC(=O)N2CCN3C(=O)c4ccccc4[C@]23c2ccccc2)cc1. The number of hydrogen-bond acceptors (Lipinski definition) is 3. The fourth-order valence-electron chi connectivity index (χ4n) is 4.58. The molecule has 30 heavy (non-hydrogen) atoms. The third kappa shape index (κ3) is 2.50. The second-order valence-corrected chi connectivity index (χ2v) is 7.35. The van der Waals surface area contributed by atoms with E-state index in [0.717, 1.165) is 16.9 Å². The molecule has 0 aliphatic carbocycles. The zero-order valence-corrected chi connectivity index (χ0v) is 16.5. The number of methoxy groups -OCH3 is 1. The van der Waals surface area contributed by atoms with Gasteiger partial charge in [-0.2, -0.15) is 0 Å². The molecule has 1 N–H and O–H groups in total. The number of carbonyl (C=O) groups excluding carboxylic acids is 2. The minimum absolute atomic E-state index is 0.0470. The van der Waals surface area contributed by atoms with Crippen LogP contribution in [0.4, 0.5) is 10.5 Å². The van der Waals surface area contributed by atoms with Crippen LogP contribution in [0.5, 0.6) is 5.75 Å². The second kappa shape index (κ2) is 6.91. The summed E-state index contributed by atoms with van der Waals surface area (Å²) >= 11 is 0. The average Bonchev–Trinajstić information content (AvgIpc) is 3.31. The Morgan fingerprint density at radius 3 is 2.37 bits per heavy atom. The van der Waals surface area contributed by atoms with Gasteiger partial charge in [-0.25, -0.2) is 4.79 Å². The number of ether oxygens (including phenoxy) is 1. The molecule has 2 aliphatic rings.